The first-order valence-electron chi connectivity index (χ1n) is 7.17. The number of hydrogen-bond donors (Lipinski definition) is 1. The van der Waals surface area contributed by atoms with Gasteiger partial charge in [-0.3, -0.25) is 0 Å². The van der Waals surface area contributed by atoms with Gasteiger partial charge in [-0.1, -0.05) is 32.8 Å². The summed E-state index contributed by atoms with van der Waals surface area (Å²) in [5, 5.41) is 3.50. The topological polar surface area (TPSA) is 30.5 Å². The highest BCUT2D eigenvalue weighted by atomic mass is 16.5. The third-order valence-electron chi connectivity index (χ3n) is 3.42. The summed E-state index contributed by atoms with van der Waals surface area (Å²) in [4.78, 5) is 0. The molecule has 0 aliphatic rings. The number of ether oxygens (including phenoxy) is 2. The van der Waals surface area contributed by atoms with Crippen molar-refractivity contribution in [3.05, 3.63) is 23.8 Å². The second-order valence-electron chi connectivity index (χ2n) is 4.90. The summed E-state index contributed by atoms with van der Waals surface area (Å²) in [7, 11) is 1.69. The minimum Gasteiger partial charge on any atom is -0.489 e. The van der Waals surface area contributed by atoms with E-state index in [-0.39, 0.29) is 0 Å². The molecule has 0 unspecified atom stereocenters. The zero-order valence-corrected chi connectivity index (χ0v) is 12.7. The molecule has 0 amide bonds. The number of aryl methyl sites for hydroxylation is 1. The van der Waals surface area contributed by atoms with Crippen LogP contribution in [0.1, 0.15) is 32.3 Å². The van der Waals surface area contributed by atoms with Crippen LogP contribution in [0.4, 0.5) is 5.69 Å². The molecule has 0 aliphatic carbocycles. The average Bonchev–Trinajstić information content (AvgIpc) is 2.42. The largest absolute Gasteiger partial charge is 0.489 e. The Bertz CT molecular complexity index is 362. The Morgan fingerprint density at radius 2 is 1.89 bits per heavy atom. The summed E-state index contributed by atoms with van der Waals surface area (Å²) in [5.41, 5.74) is 2.29. The van der Waals surface area contributed by atoms with E-state index in [9.17, 15) is 0 Å². The maximum Gasteiger partial charge on any atom is 0.142 e. The van der Waals surface area contributed by atoms with Crippen molar-refractivity contribution in [2.75, 3.05) is 32.2 Å². The van der Waals surface area contributed by atoms with Gasteiger partial charge in [0.05, 0.1) is 12.3 Å². The lowest BCUT2D eigenvalue weighted by atomic mass is 10.0. The number of rotatable bonds is 9. The number of benzene rings is 1. The Hall–Kier alpha value is -1.22. The van der Waals surface area contributed by atoms with Crippen LogP contribution in [0.3, 0.4) is 0 Å². The maximum atomic E-state index is 5.77. The normalized spacial score (nSPS) is 10.8. The molecule has 1 rings (SSSR count). The minimum atomic E-state index is 0.583. The van der Waals surface area contributed by atoms with Crippen molar-refractivity contribution < 1.29 is 9.47 Å². The molecule has 3 heteroatoms. The molecule has 0 atom stereocenters. The third-order valence-corrected chi connectivity index (χ3v) is 3.42. The zero-order valence-electron chi connectivity index (χ0n) is 12.7. The van der Waals surface area contributed by atoms with Gasteiger partial charge >= 0.3 is 0 Å². The zero-order chi connectivity index (χ0) is 14.1. The highest BCUT2D eigenvalue weighted by Crippen LogP contribution is 2.26. The molecule has 1 aromatic rings. The van der Waals surface area contributed by atoms with Gasteiger partial charge in [-0.15, -0.1) is 0 Å². The molecule has 0 radical (unpaired) electrons. The summed E-state index contributed by atoms with van der Waals surface area (Å²) < 4.78 is 10.8. The van der Waals surface area contributed by atoms with E-state index in [4.69, 9.17) is 9.47 Å². The fourth-order valence-electron chi connectivity index (χ4n) is 1.96. The molecule has 1 aromatic carbocycles. The Kier molecular flexibility index (Phi) is 7.34. The van der Waals surface area contributed by atoms with Gasteiger partial charge in [-0.25, -0.2) is 0 Å². The van der Waals surface area contributed by atoms with Crippen LogP contribution in [0.2, 0.25) is 0 Å². The molecule has 1 N–H and O–H groups in total. The van der Waals surface area contributed by atoms with Crippen LogP contribution in [-0.2, 0) is 4.74 Å². The highest BCUT2D eigenvalue weighted by Gasteiger charge is 2.07. The van der Waals surface area contributed by atoms with Gasteiger partial charge in [0.1, 0.15) is 12.4 Å². The molecule has 0 bridgehead atoms. The van der Waals surface area contributed by atoms with Crippen molar-refractivity contribution in [1.29, 1.82) is 0 Å². The highest BCUT2D eigenvalue weighted by molar-refractivity contribution is 5.57. The molecule has 0 heterocycles. The molecule has 3 nitrogen and oxygen atoms in total. The van der Waals surface area contributed by atoms with E-state index in [1.54, 1.807) is 7.11 Å². The van der Waals surface area contributed by atoms with Crippen molar-refractivity contribution in [3.8, 4) is 5.75 Å². The fraction of sp³-hybridized carbons (Fsp3) is 0.625. The van der Waals surface area contributed by atoms with Crippen LogP contribution in [-0.4, -0.2) is 26.9 Å². The predicted octanol–water partition coefficient (Wildman–Crippen LogP) is 3.87. The number of hydrogen-bond acceptors (Lipinski definition) is 3. The molecule has 0 saturated carbocycles. The van der Waals surface area contributed by atoms with E-state index in [1.165, 1.54) is 18.4 Å². The van der Waals surface area contributed by atoms with Crippen LogP contribution in [0, 0.1) is 12.8 Å². The first kappa shape index (κ1) is 15.8. The monoisotopic (exact) mass is 265 g/mol. The smallest absolute Gasteiger partial charge is 0.142 e. The number of methoxy groups -OCH3 is 1. The van der Waals surface area contributed by atoms with E-state index in [1.807, 2.05) is 0 Å². The second kappa shape index (κ2) is 8.81. The Balaban J connectivity index is 2.64. The van der Waals surface area contributed by atoms with Crippen molar-refractivity contribution in [3.63, 3.8) is 0 Å². The molecule has 0 aliphatic heterocycles. The quantitative estimate of drug-likeness (QED) is 0.688. The molecule has 0 spiro atoms. The van der Waals surface area contributed by atoms with Crippen LogP contribution < -0.4 is 10.1 Å². The van der Waals surface area contributed by atoms with Gasteiger partial charge < -0.3 is 14.8 Å². The average molecular weight is 265 g/mol. The summed E-state index contributed by atoms with van der Waals surface area (Å²) in [5.74, 6) is 1.64. The Labute approximate surface area is 117 Å². The molecule has 0 aromatic heterocycles. The summed E-state index contributed by atoms with van der Waals surface area (Å²) in [6.07, 6.45) is 2.41. The van der Waals surface area contributed by atoms with Crippen molar-refractivity contribution in [2.45, 2.75) is 33.6 Å². The van der Waals surface area contributed by atoms with E-state index < -0.39 is 0 Å². The van der Waals surface area contributed by atoms with Gasteiger partial charge in [0.15, 0.2) is 0 Å². The second-order valence-corrected chi connectivity index (χ2v) is 4.90. The Morgan fingerprint density at radius 1 is 1.16 bits per heavy atom. The fourth-order valence-corrected chi connectivity index (χ4v) is 1.96. The van der Waals surface area contributed by atoms with Crippen molar-refractivity contribution in [2.24, 2.45) is 5.92 Å². The van der Waals surface area contributed by atoms with Crippen LogP contribution in [0.5, 0.6) is 5.75 Å². The summed E-state index contributed by atoms with van der Waals surface area (Å²) >= 11 is 0. The number of anilines is 1. The lowest BCUT2D eigenvalue weighted by Gasteiger charge is -2.17. The van der Waals surface area contributed by atoms with Crippen LogP contribution in [0.25, 0.3) is 0 Å². The lowest BCUT2D eigenvalue weighted by molar-refractivity contribution is 0.146. The molecule has 19 heavy (non-hydrogen) atoms. The molecule has 0 saturated heterocycles. The van der Waals surface area contributed by atoms with Gasteiger partial charge in [0, 0.05) is 13.7 Å². The van der Waals surface area contributed by atoms with E-state index >= 15 is 0 Å². The van der Waals surface area contributed by atoms with Gasteiger partial charge in [-0.2, -0.15) is 0 Å². The lowest BCUT2D eigenvalue weighted by Crippen LogP contribution is -2.14. The van der Waals surface area contributed by atoms with E-state index in [2.05, 4.69) is 44.3 Å². The van der Waals surface area contributed by atoms with Crippen LogP contribution in [0.15, 0.2) is 18.2 Å². The Morgan fingerprint density at radius 3 is 2.53 bits per heavy atom. The summed E-state index contributed by atoms with van der Waals surface area (Å²) in [6.45, 7) is 8.74. The summed E-state index contributed by atoms with van der Waals surface area (Å²) in [6, 6.07) is 6.28. The predicted molar refractivity (Wildman–Crippen MR) is 81.1 cm³/mol. The van der Waals surface area contributed by atoms with Crippen molar-refractivity contribution >= 4 is 5.69 Å². The molecule has 108 valence electrons. The number of nitrogens with one attached hydrogen (secondary N) is 1. The molecular formula is C16H27NO2. The molecule has 0 fully saturated rings. The van der Waals surface area contributed by atoms with Gasteiger partial charge in [0.25, 0.3) is 0 Å². The standard InChI is InChI=1S/C16H27NO2/c1-5-14(6-2)12-17-15-8-7-13(3)11-16(15)19-10-9-18-4/h7-8,11,14,17H,5-6,9-10,12H2,1-4H3. The SMILES string of the molecule is CCC(CC)CNc1ccc(C)cc1OCCOC. The first-order chi connectivity index (χ1) is 9.21. The first-order valence-corrected chi connectivity index (χ1v) is 7.17. The third kappa shape index (κ3) is 5.52. The van der Waals surface area contributed by atoms with Crippen molar-refractivity contribution in [1.82, 2.24) is 0 Å². The molecular weight excluding hydrogens is 238 g/mol. The maximum absolute atomic E-state index is 5.77. The van der Waals surface area contributed by atoms with Gasteiger partial charge in [0.2, 0.25) is 0 Å². The van der Waals surface area contributed by atoms with Gasteiger partial charge in [-0.05, 0) is 30.5 Å². The van der Waals surface area contributed by atoms with E-state index in [0.717, 1.165) is 18.0 Å². The minimum absolute atomic E-state index is 0.583. The van der Waals surface area contributed by atoms with E-state index in [0.29, 0.717) is 19.1 Å². The van der Waals surface area contributed by atoms with Crippen LogP contribution >= 0.6 is 0 Å².